The first-order valence-electron chi connectivity index (χ1n) is 4.42. The zero-order valence-corrected chi connectivity index (χ0v) is 10.2. The molecule has 2 nitrogen and oxygen atoms in total. The maximum absolute atomic E-state index is 11.6. The number of benzene rings is 1. The quantitative estimate of drug-likeness (QED) is 0.837. The molecule has 0 spiro atoms. The molecule has 5 heteroatoms. The van der Waals surface area contributed by atoms with Gasteiger partial charge in [0.2, 0.25) is 0 Å². The molecule has 0 fully saturated rings. The zero-order chi connectivity index (χ0) is 11.7. The second-order valence-electron chi connectivity index (χ2n) is 3.16. The fourth-order valence-corrected chi connectivity index (χ4v) is 2.16. The van der Waals surface area contributed by atoms with Crippen molar-refractivity contribution in [1.29, 1.82) is 0 Å². The van der Waals surface area contributed by atoms with E-state index in [1.54, 1.807) is 18.2 Å². The van der Waals surface area contributed by atoms with Crippen LogP contribution < -0.4 is 5.56 Å². The fourth-order valence-electron chi connectivity index (χ4n) is 1.40. The van der Waals surface area contributed by atoms with Gasteiger partial charge in [-0.05, 0) is 18.2 Å². The third kappa shape index (κ3) is 2.09. The number of aromatic amines is 1. The van der Waals surface area contributed by atoms with Gasteiger partial charge in [0, 0.05) is 11.8 Å². The van der Waals surface area contributed by atoms with Crippen LogP contribution in [-0.4, -0.2) is 4.98 Å². The van der Waals surface area contributed by atoms with Gasteiger partial charge in [0.05, 0.1) is 20.6 Å². The second-order valence-corrected chi connectivity index (χ2v) is 4.41. The van der Waals surface area contributed by atoms with Crippen molar-refractivity contribution in [2.24, 2.45) is 0 Å². The first-order valence-corrected chi connectivity index (χ1v) is 5.55. The lowest BCUT2D eigenvalue weighted by atomic mass is 10.1. The van der Waals surface area contributed by atoms with Gasteiger partial charge in [-0.2, -0.15) is 0 Å². The summed E-state index contributed by atoms with van der Waals surface area (Å²) in [6.07, 6.45) is 1.41. The third-order valence-electron chi connectivity index (χ3n) is 2.10. The van der Waals surface area contributed by atoms with Crippen molar-refractivity contribution >= 4 is 34.8 Å². The SMILES string of the molecule is O=c1[nH]cc(Cl)cc1-c1c(Cl)cccc1Cl. The molecule has 1 N–H and O–H groups in total. The highest BCUT2D eigenvalue weighted by molar-refractivity contribution is 6.39. The summed E-state index contributed by atoms with van der Waals surface area (Å²) in [5.74, 6) is 0. The molecule has 0 unspecified atom stereocenters. The van der Waals surface area contributed by atoms with E-state index in [4.69, 9.17) is 34.8 Å². The lowest BCUT2D eigenvalue weighted by Crippen LogP contribution is -2.08. The highest BCUT2D eigenvalue weighted by Gasteiger charge is 2.11. The van der Waals surface area contributed by atoms with E-state index in [1.165, 1.54) is 12.3 Å². The predicted molar refractivity (Wildman–Crippen MR) is 67.5 cm³/mol. The minimum Gasteiger partial charge on any atom is -0.327 e. The summed E-state index contributed by atoms with van der Waals surface area (Å²) in [4.78, 5) is 14.2. The number of nitrogens with one attached hydrogen (secondary N) is 1. The first kappa shape index (κ1) is 11.5. The average Bonchev–Trinajstić information content (AvgIpc) is 2.23. The van der Waals surface area contributed by atoms with Crippen molar-refractivity contribution in [2.75, 3.05) is 0 Å². The van der Waals surface area contributed by atoms with Crippen molar-refractivity contribution in [2.45, 2.75) is 0 Å². The maximum atomic E-state index is 11.6. The fraction of sp³-hybridized carbons (Fsp3) is 0. The van der Waals surface area contributed by atoms with Crippen molar-refractivity contribution in [3.63, 3.8) is 0 Å². The van der Waals surface area contributed by atoms with Crippen molar-refractivity contribution < 1.29 is 0 Å². The van der Waals surface area contributed by atoms with Gasteiger partial charge in [-0.3, -0.25) is 4.79 Å². The maximum Gasteiger partial charge on any atom is 0.256 e. The van der Waals surface area contributed by atoms with Crippen molar-refractivity contribution in [1.82, 2.24) is 4.98 Å². The van der Waals surface area contributed by atoms with Crippen LogP contribution in [0.3, 0.4) is 0 Å². The van der Waals surface area contributed by atoms with Crippen LogP contribution in [0.15, 0.2) is 35.3 Å². The van der Waals surface area contributed by atoms with Crippen LogP contribution in [-0.2, 0) is 0 Å². The number of rotatable bonds is 1. The minimum atomic E-state index is -0.278. The molecule has 1 aromatic carbocycles. The number of H-pyrrole nitrogens is 1. The monoisotopic (exact) mass is 273 g/mol. The van der Waals surface area contributed by atoms with Gasteiger partial charge in [-0.25, -0.2) is 0 Å². The molecule has 0 aliphatic heterocycles. The summed E-state index contributed by atoms with van der Waals surface area (Å²) in [5, 5.41) is 1.26. The number of hydrogen-bond acceptors (Lipinski definition) is 1. The van der Waals surface area contributed by atoms with Gasteiger partial charge < -0.3 is 4.98 Å². The average molecular weight is 275 g/mol. The number of hydrogen-bond donors (Lipinski definition) is 1. The van der Waals surface area contributed by atoms with E-state index in [2.05, 4.69) is 4.98 Å². The summed E-state index contributed by atoms with van der Waals surface area (Å²) in [6.45, 7) is 0. The van der Waals surface area contributed by atoms with E-state index < -0.39 is 0 Å². The summed E-state index contributed by atoms with van der Waals surface area (Å²) in [7, 11) is 0. The molecule has 16 heavy (non-hydrogen) atoms. The molecule has 0 bridgehead atoms. The smallest absolute Gasteiger partial charge is 0.256 e. The standard InChI is InChI=1S/C11H6Cl3NO/c12-6-4-7(11(16)15-5-6)10-8(13)2-1-3-9(10)14/h1-5H,(H,15,16). The van der Waals surface area contributed by atoms with Crippen LogP contribution in [0.4, 0.5) is 0 Å². The van der Waals surface area contributed by atoms with Crippen LogP contribution in [0.5, 0.6) is 0 Å². The Morgan fingerprint density at radius 1 is 1.06 bits per heavy atom. The molecule has 1 heterocycles. The molecule has 0 radical (unpaired) electrons. The van der Waals surface area contributed by atoms with Gasteiger partial charge in [-0.1, -0.05) is 40.9 Å². The van der Waals surface area contributed by atoms with Gasteiger partial charge in [0.15, 0.2) is 0 Å². The molecule has 1 aromatic heterocycles. The Morgan fingerprint density at radius 2 is 1.69 bits per heavy atom. The lowest BCUT2D eigenvalue weighted by molar-refractivity contribution is 1.24. The Kier molecular flexibility index (Phi) is 3.24. The topological polar surface area (TPSA) is 32.9 Å². The van der Waals surface area contributed by atoms with Gasteiger partial charge in [0.1, 0.15) is 0 Å². The summed E-state index contributed by atoms with van der Waals surface area (Å²) < 4.78 is 0. The number of aromatic nitrogens is 1. The summed E-state index contributed by atoms with van der Waals surface area (Å²) >= 11 is 17.8. The molecule has 0 saturated carbocycles. The Morgan fingerprint density at radius 3 is 2.31 bits per heavy atom. The van der Waals surface area contributed by atoms with Crippen LogP contribution in [0, 0.1) is 0 Å². The molecule has 0 atom stereocenters. The Bertz CT molecular complexity index is 572. The Balaban J connectivity index is 2.77. The predicted octanol–water partition coefficient (Wildman–Crippen LogP) is 4.00. The number of pyridine rings is 1. The highest BCUT2D eigenvalue weighted by atomic mass is 35.5. The van der Waals surface area contributed by atoms with E-state index in [9.17, 15) is 4.79 Å². The van der Waals surface area contributed by atoms with Gasteiger partial charge >= 0.3 is 0 Å². The van der Waals surface area contributed by atoms with Crippen LogP contribution >= 0.6 is 34.8 Å². The van der Waals surface area contributed by atoms with Crippen LogP contribution in [0.2, 0.25) is 15.1 Å². The van der Waals surface area contributed by atoms with Crippen LogP contribution in [0.25, 0.3) is 11.1 Å². The van der Waals surface area contributed by atoms with Gasteiger partial charge in [-0.15, -0.1) is 0 Å². The normalized spacial score (nSPS) is 10.4. The van der Waals surface area contributed by atoms with Crippen LogP contribution in [0.1, 0.15) is 0 Å². The second kappa shape index (κ2) is 4.50. The van der Waals surface area contributed by atoms with Crippen molar-refractivity contribution in [3.05, 3.63) is 55.9 Å². The Labute approximate surface area is 107 Å². The Hall–Kier alpha value is -0.960. The summed E-state index contributed by atoms with van der Waals surface area (Å²) in [6, 6.07) is 6.59. The minimum absolute atomic E-state index is 0.278. The lowest BCUT2D eigenvalue weighted by Gasteiger charge is -2.06. The van der Waals surface area contributed by atoms with Crippen molar-refractivity contribution in [3.8, 4) is 11.1 Å². The zero-order valence-electron chi connectivity index (χ0n) is 7.93. The van der Waals surface area contributed by atoms with E-state index in [0.29, 0.717) is 26.2 Å². The van der Waals surface area contributed by atoms with E-state index >= 15 is 0 Å². The molecule has 2 aromatic rings. The molecular weight excluding hydrogens is 268 g/mol. The molecule has 82 valence electrons. The van der Waals surface area contributed by atoms with E-state index in [0.717, 1.165) is 0 Å². The van der Waals surface area contributed by atoms with E-state index in [-0.39, 0.29) is 5.56 Å². The van der Waals surface area contributed by atoms with Gasteiger partial charge in [0.25, 0.3) is 5.56 Å². The van der Waals surface area contributed by atoms with E-state index in [1.807, 2.05) is 0 Å². The molecule has 0 aliphatic rings. The number of halogens is 3. The first-order chi connectivity index (χ1) is 7.59. The molecule has 0 aliphatic carbocycles. The molecule has 2 rings (SSSR count). The molecule has 0 amide bonds. The summed E-state index contributed by atoms with van der Waals surface area (Å²) in [5.41, 5.74) is 0.581. The molecular formula is C11H6Cl3NO. The molecule has 0 saturated heterocycles. The largest absolute Gasteiger partial charge is 0.327 e. The third-order valence-corrected chi connectivity index (χ3v) is 2.95. The highest BCUT2D eigenvalue weighted by Crippen LogP contribution is 2.33.